The lowest BCUT2D eigenvalue weighted by Crippen LogP contribution is -2.00. The molecule has 0 amide bonds. The van der Waals surface area contributed by atoms with Gasteiger partial charge in [0, 0.05) is 17.1 Å². The first-order chi connectivity index (χ1) is 8.02. The molecule has 0 spiro atoms. The molecule has 0 saturated heterocycles. The summed E-state index contributed by atoms with van der Waals surface area (Å²) in [5.74, 6) is 1.26. The van der Waals surface area contributed by atoms with Crippen molar-refractivity contribution in [3.63, 3.8) is 0 Å². The molecule has 3 heteroatoms. The van der Waals surface area contributed by atoms with Gasteiger partial charge in [0.15, 0.2) is 0 Å². The lowest BCUT2D eigenvalue weighted by atomic mass is 9.95. The van der Waals surface area contributed by atoms with Crippen molar-refractivity contribution in [3.05, 3.63) is 33.9 Å². The molecule has 0 aliphatic rings. The van der Waals surface area contributed by atoms with Crippen LogP contribution in [0.5, 0.6) is 5.75 Å². The predicted octanol–water partition coefficient (Wildman–Crippen LogP) is 3.75. The summed E-state index contributed by atoms with van der Waals surface area (Å²) in [6.07, 6.45) is 3.89. The number of methoxy groups -OCH3 is 1. The van der Waals surface area contributed by atoms with E-state index in [1.165, 1.54) is 0 Å². The SMILES string of the molecule is COc1c(C(C)C)cc(Cl)c(C)c1/C=C/CN. The number of halogens is 1. The van der Waals surface area contributed by atoms with E-state index in [1.807, 2.05) is 25.1 Å². The molecule has 94 valence electrons. The van der Waals surface area contributed by atoms with E-state index in [1.54, 1.807) is 7.11 Å². The summed E-state index contributed by atoms with van der Waals surface area (Å²) in [5.41, 5.74) is 8.67. The summed E-state index contributed by atoms with van der Waals surface area (Å²) in [6, 6.07) is 1.99. The van der Waals surface area contributed by atoms with E-state index < -0.39 is 0 Å². The Morgan fingerprint density at radius 1 is 1.47 bits per heavy atom. The maximum absolute atomic E-state index is 6.25. The van der Waals surface area contributed by atoms with E-state index >= 15 is 0 Å². The fourth-order valence-electron chi connectivity index (χ4n) is 1.81. The van der Waals surface area contributed by atoms with Gasteiger partial charge in [-0.15, -0.1) is 0 Å². The van der Waals surface area contributed by atoms with Gasteiger partial charge in [0.2, 0.25) is 0 Å². The van der Waals surface area contributed by atoms with Gasteiger partial charge in [-0.25, -0.2) is 0 Å². The predicted molar refractivity (Wildman–Crippen MR) is 74.9 cm³/mol. The van der Waals surface area contributed by atoms with Crippen LogP contribution in [0.1, 0.15) is 36.5 Å². The second-order valence-corrected chi connectivity index (χ2v) is 4.72. The highest BCUT2D eigenvalue weighted by molar-refractivity contribution is 6.31. The Bertz CT molecular complexity index is 425. The van der Waals surface area contributed by atoms with Crippen molar-refractivity contribution >= 4 is 17.7 Å². The van der Waals surface area contributed by atoms with Gasteiger partial charge in [0.25, 0.3) is 0 Å². The minimum absolute atomic E-state index is 0.369. The van der Waals surface area contributed by atoms with Crippen LogP contribution in [0, 0.1) is 6.92 Å². The maximum Gasteiger partial charge on any atom is 0.129 e. The van der Waals surface area contributed by atoms with Crippen molar-refractivity contribution in [2.24, 2.45) is 5.73 Å². The number of benzene rings is 1. The molecule has 0 bridgehead atoms. The van der Waals surface area contributed by atoms with Gasteiger partial charge in [-0.3, -0.25) is 0 Å². The molecule has 2 nitrogen and oxygen atoms in total. The fraction of sp³-hybridized carbons (Fsp3) is 0.429. The van der Waals surface area contributed by atoms with Crippen molar-refractivity contribution < 1.29 is 4.74 Å². The van der Waals surface area contributed by atoms with Gasteiger partial charge >= 0.3 is 0 Å². The van der Waals surface area contributed by atoms with E-state index in [-0.39, 0.29) is 0 Å². The minimum atomic E-state index is 0.369. The average Bonchev–Trinajstić information content (AvgIpc) is 2.30. The van der Waals surface area contributed by atoms with E-state index in [9.17, 15) is 0 Å². The number of hydrogen-bond donors (Lipinski definition) is 1. The molecular formula is C14H20ClNO. The van der Waals surface area contributed by atoms with E-state index in [0.29, 0.717) is 12.5 Å². The van der Waals surface area contributed by atoms with Gasteiger partial charge in [-0.1, -0.05) is 37.6 Å². The smallest absolute Gasteiger partial charge is 0.129 e. The first-order valence-corrected chi connectivity index (χ1v) is 6.14. The number of nitrogens with two attached hydrogens (primary N) is 1. The Morgan fingerprint density at radius 2 is 2.12 bits per heavy atom. The molecule has 0 heterocycles. The first-order valence-electron chi connectivity index (χ1n) is 5.76. The minimum Gasteiger partial charge on any atom is -0.496 e. The molecule has 2 N–H and O–H groups in total. The molecule has 1 aromatic carbocycles. The zero-order valence-corrected chi connectivity index (χ0v) is 11.6. The molecule has 0 saturated carbocycles. The van der Waals surface area contributed by atoms with Crippen LogP contribution in [0.15, 0.2) is 12.1 Å². The highest BCUT2D eigenvalue weighted by atomic mass is 35.5. The lowest BCUT2D eigenvalue weighted by molar-refractivity contribution is 0.406. The van der Waals surface area contributed by atoms with Gasteiger partial charge in [-0.05, 0) is 30.0 Å². The van der Waals surface area contributed by atoms with Crippen LogP contribution in [-0.2, 0) is 0 Å². The molecule has 0 aromatic heterocycles. The van der Waals surface area contributed by atoms with Crippen molar-refractivity contribution in [2.45, 2.75) is 26.7 Å². The normalized spacial score (nSPS) is 11.5. The van der Waals surface area contributed by atoms with Gasteiger partial charge in [-0.2, -0.15) is 0 Å². The monoisotopic (exact) mass is 253 g/mol. The Balaban J connectivity index is 3.47. The molecule has 1 rings (SSSR count). The number of hydrogen-bond acceptors (Lipinski definition) is 2. The summed E-state index contributed by atoms with van der Waals surface area (Å²) in [6.45, 7) is 6.75. The zero-order chi connectivity index (χ0) is 13.0. The first kappa shape index (κ1) is 14.1. The second-order valence-electron chi connectivity index (χ2n) is 4.31. The van der Waals surface area contributed by atoms with Crippen molar-refractivity contribution in [1.82, 2.24) is 0 Å². The number of ether oxygens (including phenoxy) is 1. The molecule has 0 aliphatic heterocycles. The highest BCUT2D eigenvalue weighted by Gasteiger charge is 2.15. The maximum atomic E-state index is 6.25. The molecule has 17 heavy (non-hydrogen) atoms. The van der Waals surface area contributed by atoms with E-state index in [2.05, 4.69) is 13.8 Å². The van der Waals surface area contributed by atoms with Crippen LogP contribution in [0.3, 0.4) is 0 Å². The summed E-state index contributed by atoms with van der Waals surface area (Å²) >= 11 is 6.25. The van der Waals surface area contributed by atoms with Gasteiger partial charge in [0.1, 0.15) is 5.75 Å². The fourth-order valence-corrected chi connectivity index (χ4v) is 2.03. The second kappa shape index (κ2) is 6.08. The summed E-state index contributed by atoms with van der Waals surface area (Å²) < 4.78 is 5.52. The molecule has 0 fully saturated rings. The number of rotatable bonds is 4. The molecule has 0 atom stereocenters. The van der Waals surface area contributed by atoms with Crippen LogP contribution in [0.25, 0.3) is 6.08 Å². The van der Waals surface area contributed by atoms with Crippen LogP contribution in [-0.4, -0.2) is 13.7 Å². The van der Waals surface area contributed by atoms with Crippen LogP contribution in [0.2, 0.25) is 5.02 Å². The van der Waals surface area contributed by atoms with Crippen molar-refractivity contribution in [3.8, 4) is 5.75 Å². The lowest BCUT2D eigenvalue weighted by Gasteiger charge is -2.17. The topological polar surface area (TPSA) is 35.2 Å². The van der Waals surface area contributed by atoms with Gasteiger partial charge < -0.3 is 10.5 Å². The van der Waals surface area contributed by atoms with Crippen LogP contribution in [0.4, 0.5) is 0 Å². The standard InChI is InChI=1S/C14H20ClNO/c1-9(2)12-8-13(15)10(3)11(6-5-7-16)14(12)17-4/h5-6,8-9H,7,16H2,1-4H3/b6-5+. The molecule has 0 radical (unpaired) electrons. The summed E-state index contributed by atoms with van der Waals surface area (Å²) in [4.78, 5) is 0. The van der Waals surface area contributed by atoms with Gasteiger partial charge in [0.05, 0.1) is 7.11 Å². The molecular weight excluding hydrogens is 234 g/mol. The van der Waals surface area contributed by atoms with Crippen molar-refractivity contribution in [1.29, 1.82) is 0 Å². The third kappa shape index (κ3) is 3.02. The summed E-state index contributed by atoms with van der Waals surface area (Å²) in [7, 11) is 1.69. The zero-order valence-electron chi connectivity index (χ0n) is 10.9. The van der Waals surface area contributed by atoms with Crippen LogP contribution >= 0.6 is 11.6 Å². The van der Waals surface area contributed by atoms with Crippen LogP contribution < -0.4 is 10.5 Å². The van der Waals surface area contributed by atoms with Crippen molar-refractivity contribution in [2.75, 3.05) is 13.7 Å². The molecule has 0 aliphatic carbocycles. The average molecular weight is 254 g/mol. The Kier molecular flexibility index (Phi) is 5.03. The highest BCUT2D eigenvalue weighted by Crippen LogP contribution is 2.37. The third-order valence-corrected chi connectivity index (χ3v) is 3.19. The van der Waals surface area contributed by atoms with E-state index in [4.69, 9.17) is 22.1 Å². The Hall–Kier alpha value is -0.990. The van der Waals surface area contributed by atoms with E-state index in [0.717, 1.165) is 27.5 Å². The quantitative estimate of drug-likeness (QED) is 0.887. The largest absolute Gasteiger partial charge is 0.496 e. The molecule has 0 unspecified atom stereocenters. The third-order valence-electron chi connectivity index (χ3n) is 2.80. The Labute approximate surface area is 108 Å². The summed E-state index contributed by atoms with van der Waals surface area (Å²) in [5, 5.41) is 0.770. The Morgan fingerprint density at radius 3 is 2.59 bits per heavy atom. The molecule has 1 aromatic rings.